The zero-order chi connectivity index (χ0) is 16.6. The van der Waals surface area contributed by atoms with Crippen LogP contribution in [0.15, 0.2) is 84.9 Å². The summed E-state index contributed by atoms with van der Waals surface area (Å²) in [5.41, 5.74) is 0.854. The van der Waals surface area contributed by atoms with E-state index in [1.807, 2.05) is 91.9 Å². The van der Waals surface area contributed by atoms with Gasteiger partial charge in [-0.2, -0.15) is 0 Å². The van der Waals surface area contributed by atoms with Gasteiger partial charge in [0.05, 0.1) is 12.1 Å². The van der Waals surface area contributed by atoms with Gasteiger partial charge >= 0.3 is 7.12 Å². The highest BCUT2D eigenvalue weighted by atomic mass is 16.6. The Labute approximate surface area is 143 Å². The number of ether oxygens (including phenoxy) is 1. The molecule has 0 aliphatic carbocycles. The summed E-state index contributed by atoms with van der Waals surface area (Å²) in [7, 11) is -0.599. The number of benzene rings is 3. The Morgan fingerprint density at radius 3 is 1.71 bits per heavy atom. The number of hydrogen-bond acceptors (Lipinski definition) is 3. The lowest BCUT2D eigenvalue weighted by molar-refractivity contribution is 0.340. The van der Waals surface area contributed by atoms with E-state index < -0.39 is 7.12 Å². The van der Waals surface area contributed by atoms with E-state index in [1.54, 1.807) is 0 Å². The molecule has 3 nitrogen and oxygen atoms in total. The molecule has 0 fully saturated rings. The molecule has 0 bridgehead atoms. The van der Waals surface area contributed by atoms with E-state index in [2.05, 4.69) is 0 Å². The van der Waals surface area contributed by atoms with Crippen molar-refractivity contribution in [1.29, 1.82) is 0 Å². The van der Waals surface area contributed by atoms with Crippen molar-refractivity contribution in [2.75, 3.05) is 6.61 Å². The smallest absolute Gasteiger partial charge is 0.522 e. The fourth-order valence-corrected chi connectivity index (χ4v) is 2.36. The Balaban J connectivity index is 1.92. The minimum absolute atomic E-state index is 0.584. The Hall–Kier alpha value is -2.88. The Kier molecular flexibility index (Phi) is 5.41. The second-order valence-electron chi connectivity index (χ2n) is 5.16. The van der Waals surface area contributed by atoms with Crippen molar-refractivity contribution in [2.45, 2.75) is 6.92 Å². The molecule has 120 valence electrons. The van der Waals surface area contributed by atoms with Crippen molar-refractivity contribution in [3.63, 3.8) is 0 Å². The van der Waals surface area contributed by atoms with Gasteiger partial charge in [-0.15, -0.1) is 0 Å². The summed E-state index contributed by atoms with van der Waals surface area (Å²) < 4.78 is 17.9. The molecule has 0 aliphatic heterocycles. The molecule has 0 saturated heterocycles. The lowest BCUT2D eigenvalue weighted by atomic mass is 9.77. The number of hydrogen-bond donors (Lipinski definition) is 0. The molecule has 0 radical (unpaired) electrons. The minimum atomic E-state index is -0.599. The summed E-state index contributed by atoms with van der Waals surface area (Å²) >= 11 is 0. The molecule has 0 heterocycles. The van der Waals surface area contributed by atoms with Gasteiger partial charge in [0.2, 0.25) is 0 Å². The standard InChI is InChI=1S/C20H19BO3/c1-2-22-20-16-10-9-15-19(20)21(23-17-11-5-3-6-12-17)24-18-13-7-4-8-14-18/h3-16H,2H2,1H3. The van der Waals surface area contributed by atoms with Gasteiger partial charge in [0.25, 0.3) is 0 Å². The monoisotopic (exact) mass is 318 g/mol. The fraction of sp³-hybridized carbons (Fsp3) is 0.100. The molecule has 3 aromatic carbocycles. The normalized spacial score (nSPS) is 10.0. The summed E-state index contributed by atoms with van der Waals surface area (Å²) in [6, 6.07) is 27.0. The van der Waals surface area contributed by atoms with Crippen molar-refractivity contribution >= 4 is 12.6 Å². The molecule has 0 unspecified atom stereocenters. The quantitative estimate of drug-likeness (QED) is 0.618. The second kappa shape index (κ2) is 8.11. The van der Waals surface area contributed by atoms with Gasteiger partial charge in [0.1, 0.15) is 17.2 Å². The lowest BCUT2D eigenvalue weighted by Crippen LogP contribution is -2.43. The van der Waals surface area contributed by atoms with Gasteiger partial charge < -0.3 is 14.0 Å². The Morgan fingerprint density at radius 2 is 1.17 bits per heavy atom. The van der Waals surface area contributed by atoms with Crippen LogP contribution in [0.4, 0.5) is 0 Å². The van der Waals surface area contributed by atoms with Gasteiger partial charge in [0.15, 0.2) is 0 Å². The lowest BCUT2D eigenvalue weighted by Gasteiger charge is -2.19. The van der Waals surface area contributed by atoms with E-state index in [1.165, 1.54) is 0 Å². The van der Waals surface area contributed by atoms with Crippen molar-refractivity contribution in [3.8, 4) is 17.2 Å². The first kappa shape index (κ1) is 16.0. The molecule has 0 amide bonds. The molecular weight excluding hydrogens is 299 g/mol. The first-order valence-corrected chi connectivity index (χ1v) is 8.02. The van der Waals surface area contributed by atoms with E-state index in [0.717, 1.165) is 22.7 Å². The Morgan fingerprint density at radius 1 is 0.667 bits per heavy atom. The number of rotatable bonds is 7. The van der Waals surface area contributed by atoms with Crippen LogP contribution in [0, 0.1) is 0 Å². The molecule has 0 aromatic heterocycles. The number of para-hydroxylation sites is 3. The predicted octanol–water partition coefficient (Wildman–Crippen LogP) is 3.94. The topological polar surface area (TPSA) is 27.7 Å². The van der Waals surface area contributed by atoms with Crippen molar-refractivity contribution in [1.82, 2.24) is 0 Å². The molecule has 0 N–H and O–H groups in total. The third kappa shape index (κ3) is 4.10. The summed E-state index contributed by atoms with van der Waals surface area (Å²) in [6.45, 7) is 2.54. The summed E-state index contributed by atoms with van der Waals surface area (Å²) in [6.07, 6.45) is 0. The van der Waals surface area contributed by atoms with E-state index >= 15 is 0 Å². The van der Waals surface area contributed by atoms with E-state index in [4.69, 9.17) is 14.0 Å². The highest BCUT2D eigenvalue weighted by Gasteiger charge is 2.30. The SMILES string of the molecule is CCOc1ccccc1B(Oc1ccccc1)Oc1ccccc1. The van der Waals surface area contributed by atoms with Crippen molar-refractivity contribution in [2.24, 2.45) is 0 Å². The summed E-state index contributed by atoms with van der Waals surface area (Å²) in [5, 5.41) is 0. The summed E-state index contributed by atoms with van der Waals surface area (Å²) in [5.74, 6) is 2.24. The third-order valence-electron chi connectivity index (χ3n) is 3.45. The maximum atomic E-state index is 6.09. The van der Waals surface area contributed by atoms with E-state index in [0.29, 0.717) is 6.61 Å². The van der Waals surface area contributed by atoms with Crippen LogP contribution in [-0.2, 0) is 0 Å². The fourth-order valence-electron chi connectivity index (χ4n) is 2.36. The minimum Gasteiger partial charge on any atom is -0.522 e. The first-order chi connectivity index (χ1) is 11.9. The highest BCUT2D eigenvalue weighted by molar-refractivity contribution is 6.63. The van der Waals surface area contributed by atoms with Crippen LogP contribution in [0.5, 0.6) is 17.2 Å². The van der Waals surface area contributed by atoms with Gasteiger partial charge in [-0.1, -0.05) is 54.6 Å². The van der Waals surface area contributed by atoms with Crippen molar-refractivity contribution < 1.29 is 14.0 Å². The molecule has 0 saturated carbocycles. The molecule has 0 atom stereocenters. The average molecular weight is 318 g/mol. The first-order valence-electron chi connectivity index (χ1n) is 8.02. The molecule has 3 aromatic rings. The van der Waals surface area contributed by atoms with E-state index in [9.17, 15) is 0 Å². The average Bonchev–Trinajstić information content (AvgIpc) is 2.64. The molecule has 0 aliphatic rings. The Bertz CT molecular complexity index is 706. The maximum absolute atomic E-state index is 6.09. The maximum Gasteiger partial charge on any atom is 0.636 e. The molecule has 0 spiro atoms. The third-order valence-corrected chi connectivity index (χ3v) is 3.45. The van der Waals surface area contributed by atoms with Crippen molar-refractivity contribution in [3.05, 3.63) is 84.9 Å². The second-order valence-corrected chi connectivity index (χ2v) is 5.16. The highest BCUT2D eigenvalue weighted by Crippen LogP contribution is 2.17. The van der Waals surface area contributed by atoms with Gasteiger partial charge in [-0.05, 0) is 37.3 Å². The van der Waals surface area contributed by atoms with Crippen LogP contribution in [0.2, 0.25) is 0 Å². The van der Waals surface area contributed by atoms with Gasteiger partial charge in [-0.25, -0.2) is 0 Å². The summed E-state index contributed by atoms with van der Waals surface area (Å²) in [4.78, 5) is 0. The van der Waals surface area contributed by atoms with Gasteiger partial charge in [-0.3, -0.25) is 0 Å². The van der Waals surface area contributed by atoms with E-state index in [-0.39, 0.29) is 0 Å². The zero-order valence-electron chi connectivity index (χ0n) is 13.6. The van der Waals surface area contributed by atoms with Crippen LogP contribution in [0.25, 0.3) is 0 Å². The van der Waals surface area contributed by atoms with Gasteiger partial charge in [0, 0.05) is 0 Å². The van der Waals surface area contributed by atoms with Crippen LogP contribution >= 0.6 is 0 Å². The largest absolute Gasteiger partial charge is 0.636 e. The molecule has 3 rings (SSSR count). The van der Waals surface area contributed by atoms with Crippen LogP contribution in [0.1, 0.15) is 6.92 Å². The van der Waals surface area contributed by atoms with Crippen LogP contribution < -0.4 is 19.5 Å². The molecule has 24 heavy (non-hydrogen) atoms. The predicted molar refractivity (Wildman–Crippen MR) is 97.1 cm³/mol. The molecule has 4 heteroatoms. The van der Waals surface area contributed by atoms with Crippen LogP contribution in [0.3, 0.4) is 0 Å². The zero-order valence-corrected chi connectivity index (χ0v) is 13.6. The molecular formula is C20H19BO3. The van der Waals surface area contributed by atoms with Crippen LogP contribution in [-0.4, -0.2) is 13.7 Å².